The van der Waals surface area contributed by atoms with Gasteiger partial charge in [0.25, 0.3) is 5.91 Å². The van der Waals surface area contributed by atoms with E-state index >= 15 is 0 Å². The zero-order valence-electron chi connectivity index (χ0n) is 11.4. The third kappa shape index (κ3) is 3.71. The molecule has 0 fully saturated rings. The predicted molar refractivity (Wildman–Crippen MR) is 76.1 cm³/mol. The number of nitrogens with one attached hydrogen (secondary N) is 1. The van der Waals surface area contributed by atoms with E-state index in [4.69, 9.17) is 9.47 Å². The predicted octanol–water partition coefficient (Wildman–Crippen LogP) is 2.42. The Bertz CT molecular complexity index is 599. The van der Waals surface area contributed by atoms with Crippen LogP contribution < -0.4 is 14.8 Å². The van der Waals surface area contributed by atoms with E-state index < -0.39 is 0 Å². The molecule has 1 heterocycles. The highest BCUT2D eigenvalue weighted by atomic mass is 16.5. The van der Waals surface area contributed by atoms with Crippen molar-refractivity contribution in [2.75, 3.05) is 19.0 Å². The lowest BCUT2D eigenvalue weighted by Crippen LogP contribution is -2.20. The number of aromatic nitrogens is 1. The van der Waals surface area contributed by atoms with Gasteiger partial charge in [-0.25, -0.2) is 4.98 Å². The number of benzene rings is 1. The van der Waals surface area contributed by atoms with Crippen LogP contribution in [0.3, 0.4) is 0 Å². The average molecular weight is 272 g/mol. The Morgan fingerprint density at radius 3 is 2.70 bits per heavy atom. The molecule has 2 rings (SSSR count). The van der Waals surface area contributed by atoms with Crippen LogP contribution in [0, 0.1) is 6.92 Å². The van der Waals surface area contributed by atoms with Gasteiger partial charge in [-0.1, -0.05) is 12.1 Å². The zero-order chi connectivity index (χ0) is 14.4. The number of anilines is 1. The van der Waals surface area contributed by atoms with Crippen molar-refractivity contribution in [2.45, 2.75) is 6.92 Å². The summed E-state index contributed by atoms with van der Waals surface area (Å²) in [4.78, 5) is 15.8. The molecule has 0 spiro atoms. The first-order chi connectivity index (χ1) is 9.69. The molecule has 0 radical (unpaired) electrons. The lowest BCUT2D eigenvalue weighted by Gasteiger charge is -2.10. The number of carbonyl (C=O) groups is 1. The van der Waals surface area contributed by atoms with Gasteiger partial charge in [-0.05, 0) is 36.8 Å². The molecule has 20 heavy (non-hydrogen) atoms. The molecule has 5 nitrogen and oxygen atoms in total. The molecule has 0 saturated heterocycles. The standard InChI is InChI=1S/C15H16N2O3/c1-11-7-8-16-14(9-11)17-15(18)10-20-13-6-4-3-5-12(13)19-2/h3-9H,10H2,1-2H3,(H,16,17,18). The number of rotatable bonds is 5. The van der Waals surface area contributed by atoms with Gasteiger partial charge < -0.3 is 14.8 Å². The molecule has 104 valence electrons. The molecule has 0 atom stereocenters. The maximum absolute atomic E-state index is 11.8. The Balaban J connectivity index is 1.92. The number of hydrogen-bond acceptors (Lipinski definition) is 4. The van der Waals surface area contributed by atoms with E-state index in [1.165, 1.54) is 0 Å². The summed E-state index contributed by atoms with van der Waals surface area (Å²) < 4.78 is 10.6. The lowest BCUT2D eigenvalue weighted by atomic mass is 10.3. The second-order valence-electron chi connectivity index (χ2n) is 4.21. The Hall–Kier alpha value is -2.56. The molecule has 1 aromatic carbocycles. The van der Waals surface area contributed by atoms with Crippen LogP contribution in [0.25, 0.3) is 0 Å². The van der Waals surface area contributed by atoms with Crippen LogP contribution in [0.4, 0.5) is 5.82 Å². The van der Waals surface area contributed by atoms with Crippen LogP contribution in [0.1, 0.15) is 5.56 Å². The van der Waals surface area contributed by atoms with E-state index in [1.54, 1.807) is 31.5 Å². The first-order valence-corrected chi connectivity index (χ1v) is 6.17. The number of amides is 1. The van der Waals surface area contributed by atoms with Crippen molar-refractivity contribution in [2.24, 2.45) is 0 Å². The van der Waals surface area contributed by atoms with Crippen LogP contribution in [0.2, 0.25) is 0 Å². The molecule has 0 unspecified atom stereocenters. The molecular weight excluding hydrogens is 256 g/mol. The number of pyridine rings is 1. The average Bonchev–Trinajstić information content (AvgIpc) is 2.45. The van der Waals surface area contributed by atoms with Crippen molar-refractivity contribution in [1.29, 1.82) is 0 Å². The molecule has 0 bridgehead atoms. The molecule has 0 saturated carbocycles. The van der Waals surface area contributed by atoms with Gasteiger partial charge in [0.2, 0.25) is 0 Å². The van der Waals surface area contributed by atoms with Crippen LogP contribution in [-0.4, -0.2) is 24.6 Å². The van der Waals surface area contributed by atoms with Crippen molar-refractivity contribution >= 4 is 11.7 Å². The fourth-order valence-corrected chi connectivity index (χ4v) is 1.66. The maximum Gasteiger partial charge on any atom is 0.263 e. The second-order valence-corrected chi connectivity index (χ2v) is 4.21. The van der Waals surface area contributed by atoms with Crippen molar-refractivity contribution in [1.82, 2.24) is 4.98 Å². The molecule has 5 heteroatoms. The fraction of sp³-hybridized carbons (Fsp3) is 0.200. The number of para-hydroxylation sites is 2. The Morgan fingerprint density at radius 2 is 2.00 bits per heavy atom. The minimum atomic E-state index is -0.269. The first kappa shape index (κ1) is 13.9. The summed E-state index contributed by atoms with van der Waals surface area (Å²) in [5.41, 5.74) is 1.03. The molecule has 1 amide bonds. The highest BCUT2D eigenvalue weighted by molar-refractivity contribution is 5.91. The van der Waals surface area contributed by atoms with Crippen molar-refractivity contribution in [3.05, 3.63) is 48.2 Å². The van der Waals surface area contributed by atoms with Gasteiger partial charge in [0.15, 0.2) is 18.1 Å². The van der Waals surface area contributed by atoms with Crippen LogP contribution in [0.15, 0.2) is 42.6 Å². The third-order valence-electron chi connectivity index (χ3n) is 2.61. The Morgan fingerprint density at radius 1 is 1.25 bits per heavy atom. The smallest absolute Gasteiger partial charge is 0.263 e. The summed E-state index contributed by atoms with van der Waals surface area (Å²) in [5.74, 6) is 1.36. The van der Waals surface area contributed by atoms with E-state index in [9.17, 15) is 4.79 Å². The monoisotopic (exact) mass is 272 g/mol. The van der Waals surface area contributed by atoms with Gasteiger partial charge in [0.1, 0.15) is 5.82 Å². The maximum atomic E-state index is 11.8. The molecule has 1 aromatic heterocycles. The summed E-state index contributed by atoms with van der Waals surface area (Å²) in [6, 6.07) is 10.8. The zero-order valence-corrected chi connectivity index (χ0v) is 11.4. The summed E-state index contributed by atoms with van der Waals surface area (Å²) >= 11 is 0. The molecule has 0 aliphatic rings. The summed E-state index contributed by atoms with van der Waals surface area (Å²) in [7, 11) is 1.55. The van der Waals surface area contributed by atoms with Crippen molar-refractivity contribution < 1.29 is 14.3 Å². The minimum Gasteiger partial charge on any atom is -0.493 e. The third-order valence-corrected chi connectivity index (χ3v) is 2.61. The van der Waals surface area contributed by atoms with E-state index in [0.29, 0.717) is 17.3 Å². The van der Waals surface area contributed by atoms with Gasteiger partial charge in [0, 0.05) is 6.20 Å². The highest BCUT2D eigenvalue weighted by Gasteiger charge is 2.07. The number of hydrogen-bond donors (Lipinski definition) is 1. The molecule has 0 aliphatic heterocycles. The molecule has 2 aromatic rings. The number of ether oxygens (including phenoxy) is 2. The van der Waals surface area contributed by atoms with E-state index in [-0.39, 0.29) is 12.5 Å². The van der Waals surface area contributed by atoms with Crippen LogP contribution in [0.5, 0.6) is 11.5 Å². The van der Waals surface area contributed by atoms with Gasteiger partial charge in [-0.2, -0.15) is 0 Å². The highest BCUT2D eigenvalue weighted by Crippen LogP contribution is 2.25. The molecule has 0 aliphatic carbocycles. The number of aryl methyl sites for hydroxylation is 1. The van der Waals surface area contributed by atoms with E-state index in [0.717, 1.165) is 5.56 Å². The van der Waals surface area contributed by atoms with Crippen molar-refractivity contribution in [3.63, 3.8) is 0 Å². The van der Waals surface area contributed by atoms with Crippen LogP contribution in [-0.2, 0) is 4.79 Å². The van der Waals surface area contributed by atoms with E-state index in [1.807, 2.05) is 25.1 Å². The van der Waals surface area contributed by atoms with E-state index in [2.05, 4.69) is 10.3 Å². The number of carbonyl (C=O) groups excluding carboxylic acids is 1. The topological polar surface area (TPSA) is 60.5 Å². The van der Waals surface area contributed by atoms with Gasteiger partial charge in [-0.15, -0.1) is 0 Å². The minimum absolute atomic E-state index is 0.101. The van der Waals surface area contributed by atoms with Gasteiger partial charge >= 0.3 is 0 Å². The lowest BCUT2D eigenvalue weighted by molar-refractivity contribution is -0.118. The fourth-order valence-electron chi connectivity index (χ4n) is 1.66. The Labute approximate surface area is 117 Å². The van der Waals surface area contributed by atoms with Gasteiger partial charge in [-0.3, -0.25) is 4.79 Å². The summed E-state index contributed by atoms with van der Waals surface area (Å²) in [6.07, 6.45) is 1.64. The van der Waals surface area contributed by atoms with Crippen LogP contribution >= 0.6 is 0 Å². The normalized spacial score (nSPS) is 9.90. The number of methoxy groups -OCH3 is 1. The largest absolute Gasteiger partial charge is 0.493 e. The quantitative estimate of drug-likeness (QED) is 0.908. The molecular formula is C15H16N2O3. The SMILES string of the molecule is COc1ccccc1OCC(=O)Nc1cc(C)ccn1. The Kier molecular flexibility index (Phi) is 4.55. The summed E-state index contributed by atoms with van der Waals surface area (Å²) in [5, 5.41) is 2.67. The van der Waals surface area contributed by atoms with Crippen molar-refractivity contribution in [3.8, 4) is 11.5 Å². The summed E-state index contributed by atoms with van der Waals surface area (Å²) in [6.45, 7) is 1.83. The van der Waals surface area contributed by atoms with Gasteiger partial charge in [0.05, 0.1) is 7.11 Å². The second kappa shape index (κ2) is 6.56. The number of nitrogens with zero attached hydrogens (tertiary/aromatic N) is 1. The first-order valence-electron chi connectivity index (χ1n) is 6.17. The molecule has 1 N–H and O–H groups in total.